The maximum atomic E-state index is 2.39. The minimum atomic E-state index is 0.685. The molecule has 15 heavy (non-hydrogen) atoms. The molecular weight excluding hydrogens is 180 g/mol. The van der Waals surface area contributed by atoms with Crippen LogP contribution in [0.2, 0.25) is 0 Å². The Labute approximate surface area is 92.0 Å². The lowest BCUT2D eigenvalue weighted by atomic mass is 9.73. The lowest BCUT2D eigenvalue weighted by Gasteiger charge is -2.32. The quantitative estimate of drug-likeness (QED) is 0.548. The smallest absolute Gasteiger partial charge is 0.00254 e. The molecule has 1 aromatic carbocycles. The van der Waals surface area contributed by atoms with Crippen LogP contribution in [0.1, 0.15) is 49.7 Å². The van der Waals surface area contributed by atoms with Crippen LogP contribution < -0.4 is 0 Å². The molecule has 3 rings (SSSR count). The van der Waals surface area contributed by atoms with Gasteiger partial charge in [0.25, 0.3) is 0 Å². The van der Waals surface area contributed by atoms with Gasteiger partial charge in [0.1, 0.15) is 0 Å². The van der Waals surface area contributed by atoms with Crippen LogP contribution in [0.4, 0.5) is 0 Å². The van der Waals surface area contributed by atoms with E-state index in [1.165, 1.54) is 32.1 Å². The van der Waals surface area contributed by atoms with Crippen molar-refractivity contribution in [2.75, 3.05) is 0 Å². The first-order valence-corrected chi connectivity index (χ1v) is 6.15. The topological polar surface area (TPSA) is 0 Å². The first-order chi connectivity index (χ1) is 7.36. The van der Waals surface area contributed by atoms with E-state index in [2.05, 4.69) is 31.2 Å². The Morgan fingerprint density at radius 2 is 1.87 bits per heavy atom. The third-order valence-corrected chi connectivity index (χ3v) is 4.08. The highest BCUT2D eigenvalue weighted by atomic mass is 14.3. The van der Waals surface area contributed by atoms with Crippen molar-refractivity contribution in [3.63, 3.8) is 0 Å². The zero-order valence-electron chi connectivity index (χ0n) is 9.42. The molecular formula is C15H18. The number of hydrogen-bond acceptors (Lipinski definition) is 0. The van der Waals surface area contributed by atoms with E-state index in [-0.39, 0.29) is 0 Å². The molecule has 1 atom stereocenters. The van der Waals surface area contributed by atoms with E-state index in [0.29, 0.717) is 5.92 Å². The molecule has 1 aromatic rings. The lowest BCUT2D eigenvalue weighted by molar-refractivity contribution is 0.605. The molecule has 78 valence electrons. The zero-order chi connectivity index (χ0) is 10.3. The Morgan fingerprint density at radius 3 is 2.80 bits per heavy atom. The normalized spacial score (nSPS) is 24.7. The molecule has 0 amide bonds. The van der Waals surface area contributed by atoms with Gasteiger partial charge in [-0.1, -0.05) is 42.3 Å². The maximum absolute atomic E-state index is 2.39. The summed E-state index contributed by atoms with van der Waals surface area (Å²) in [4.78, 5) is 0. The molecule has 0 nitrogen and oxygen atoms in total. The molecule has 0 heteroatoms. The largest absolute Gasteiger partial charge is 0.0660 e. The Balaban J connectivity index is 2.07. The second-order valence-corrected chi connectivity index (χ2v) is 4.93. The van der Waals surface area contributed by atoms with Crippen molar-refractivity contribution in [2.24, 2.45) is 0 Å². The first-order valence-electron chi connectivity index (χ1n) is 6.15. The van der Waals surface area contributed by atoms with E-state index < -0.39 is 0 Å². The molecule has 0 fully saturated rings. The molecule has 0 saturated carbocycles. The van der Waals surface area contributed by atoms with Crippen LogP contribution in [0.3, 0.4) is 0 Å². The van der Waals surface area contributed by atoms with Gasteiger partial charge in [-0.05, 0) is 43.2 Å². The maximum Gasteiger partial charge on any atom is 0.00254 e. The summed E-state index contributed by atoms with van der Waals surface area (Å²) < 4.78 is 0. The third kappa shape index (κ3) is 1.43. The summed E-state index contributed by atoms with van der Waals surface area (Å²) >= 11 is 0. The van der Waals surface area contributed by atoms with E-state index >= 15 is 0 Å². The Kier molecular flexibility index (Phi) is 2.16. The zero-order valence-corrected chi connectivity index (χ0v) is 9.42. The van der Waals surface area contributed by atoms with Gasteiger partial charge < -0.3 is 0 Å². The van der Waals surface area contributed by atoms with Crippen LogP contribution in [0, 0.1) is 0 Å². The summed E-state index contributed by atoms with van der Waals surface area (Å²) in [7, 11) is 0. The molecule has 0 bridgehead atoms. The van der Waals surface area contributed by atoms with Crippen molar-refractivity contribution < 1.29 is 0 Å². The standard InChI is InChI=1S/C15H18/c1-11-14-8-4-2-6-12(14)10-13-7-3-5-9-15(11)13/h2,4,6,8,11H,3,5,7,9-10H2,1H3. The minimum absolute atomic E-state index is 0.685. The number of hydrogen-bond donors (Lipinski definition) is 0. The predicted octanol–water partition coefficient (Wildman–Crippen LogP) is 4.22. The van der Waals surface area contributed by atoms with Gasteiger partial charge in [0.15, 0.2) is 0 Å². The SMILES string of the molecule is CC1C2=C(CCCC2)Cc2ccccc21. The van der Waals surface area contributed by atoms with Crippen LogP contribution >= 0.6 is 0 Å². The van der Waals surface area contributed by atoms with E-state index in [9.17, 15) is 0 Å². The second-order valence-electron chi connectivity index (χ2n) is 4.93. The molecule has 0 aliphatic heterocycles. The van der Waals surface area contributed by atoms with Crippen molar-refractivity contribution in [3.8, 4) is 0 Å². The molecule has 0 spiro atoms. The van der Waals surface area contributed by atoms with Crippen LogP contribution in [0.5, 0.6) is 0 Å². The number of allylic oxidation sites excluding steroid dienone is 2. The second kappa shape index (κ2) is 3.52. The van der Waals surface area contributed by atoms with Gasteiger partial charge in [0.05, 0.1) is 0 Å². The number of fused-ring (bicyclic) bond motifs is 1. The molecule has 1 unspecified atom stereocenters. The monoisotopic (exact) mass is 198 g/mol. The molecule has 0 saturated heterocycles. The van der Waals surface area contributed by atoms with Crippen LogP contribution in [-0.4, -0.2) is 0 Å². The van der Waals surface area contributed by atoms with Gasteiger partial charge in [0, 0.05) is 5.92 Å². The summed E-state index contributed by atoms with van der Waals surface area (Å²) in [6.07, 6.45) is 6.76. The average Bonchev–Trinajstić information content (AvgIpc) is 2.30. The predicted molar refractivity (Wildman–Crippen MR) is 64.1 cm³/mol. The highest BCUT2D eigenvalue weighted by molar-refractivity contribution is 5.45. The van der Waals surface area contributed by atoms with Gasteiger partial charge in [-0.25, -0.2) is 0 Å². The molecule has 2 aliphatic rings. The Hall–Kier alpha value is -1.04. The van der Waals surface area contributed by atoms with Crippen molar-refractivity contribution >= 4 is 0 Å². The van der Waals surface area contributed by atoms with Gasteiger partial charge in [-0.3, -0.25) is 0 Å². The van der Waals surface area contributed by atoms with Crippen LogP contribution in [0.25, 0.3) is 0 Å². The van der Waals surface area contributed by atoms with E-state index in [4.69, 9.17) is 0 Å². The lowest BCUT2D eigenvalue weighted by Crippen LogP contribution is -2.15. The molecule has 0 aromatic heterocycles. The van der Waals surface area contributed by atoms with Crippen molar-refractivity contribution in [1.82, 2.24) is 0 Å². The molecule has 0 N–H and O–H groups in total. The van der Waals surface area contributed by atoms with Gasteiger partial charge in [-0.2, -0.15) is 0 Å². The van der Waals surface area contributed by atoms with Gasteiger partial charge in [-0.15, -0.1) is 0 Å². The Bertz CT molecular complexity index is 412. The molecule has 0 heterocycles. The van der Waals surface area contributed by atoms with Crippen molar-refractivity contribution in [1.29, 1.82) is 0 Å². The van der Waals surface area contributed by atoms with E-state index in [1.807, 2.05) is 0 Å². The van der Waals surface area contributed by atoms with Crippen LogP contribution in [-0.2, 0) is 6.42 Å². The summed E-state index contributed by atoms with van der Waals surface area (Å²) in [5, 5.41) is 0. The fourth-order valence-electron chi connectivity index (χ4n) is 3.25. The molecule has 2 aliphatic carbocycles. The van der Waals surface area contributed by atoms with Crippen molar-refractivity contribution in [2.45, 2.75) is 44.9 Å². The highest BCUT2D eigenvalue weighted by Gasteiger charge is 2.25. The van der Waals surface area contributed by atoms with Crippen molar-refractivity contribution in [3.05, 3.63) is 46.5 Å². The third-order valence-electron chi connectivity index (χ3n) is 4.08. The van der Waals surface area contributed by atoms with E-state index in [1.54, 1.807) is 22.3 Å². The summed E-state index contributed by atoms with van der Waals surface area (Å²) in [5.41, 5.74) is 6.68. The summed E-state index contributed by atoms with van der Waals surface area (Å²) in [5.74, 6) is 0.685. The highest BCUT2D eigenvalue weighted by Crippen LogP contribution is 2.42. The fraction of sp³-hybridized carbons (Fsp3) is 0.467. The number of rotatable bonds is 0. The first kappa shape index (κ1) is 9.21. The summed E-state index contributed by atoms with van der Waals surface area (Å²) in [6, 6.07) is 8.99. The minimum Gasteiger partial charge on any atom is -0.0660 e. The average molecular weight is 198 g/mol. The van der Waals surface area contributed by atoms with Gasteiger partial charge in [0.2, 0.25) is 0 Å². The van der Waals surface area contributed by atoms with E-state index in [0.717, 1.165) is 0 Å². The van der Waals surface area contributed by atoms with Crippen LogP contribution in [0.15, 0.2) is 35.4 Å². The Morgan fingerprint density at radius 1 is 1.07 bits per heavy atom. The fourth-order valence-corrected chi connectivity index (χ4v) is 3.25. The van der Waals surface area contributed by atoms with Gasteiger partial charge >= 0.3 is 0 Å². The molecule has 0 radical (unpaired) electrons. The number of benzene rings is 1. The summed E-state index contributed by atoms with van der Waals surface area (Å²) in [6.45, 7) is 2.39.